The molecule has 0 aliphatic carbocycles. The molecule has 0 spiro atoms. The van der Waals surface area contributed by atoms with E-state index in [4.69, 9.17) is 16.0 Å². The van der Waals surface area contributed by atoms with E-state index in [1.165, 1.54) is 22.9 Å². The molecule has 0 amide bonds. The second kappa shape index (κ2) is 6.33. The SMILES string of the molecule is Cc1ccc(CSc2nnc(-c3ccc(Cl)cc3)o2)cc1. The maximum atomic E-state index is 5.86. The van der Waals surface area contributed by atoms with E-state index in [0.29, 0.717) is 16.1 Å². The molecule has 2 aromatic carbocycles. The zero-order valence-corrected chi connectivity index (χ0v) is 13.0. The minimum Gasteiger partial charge on any atom is -0.411 e. The molecule has 0 aliphatic rings. The predicted octanol–water partition coefficient (Wildman–Crippen LogP) is 4.99. The standard InChI is InChI=1S/C16H13ClN2OS/c1-11-2-4-12(5-3-11)10-21-16-19-18-15(20-16)13-6-8-14(17)9-7-13/h2-9H,10H2,1H3. The van der Waals surface area contributed by atoms with Crippen LogP contribution in [0.5, 0.6) is 0 Å². The van der Waals surface area contributed by atoms with Gasteiger partial charge in [-0.05, 0) is 36.8 Å². The Kier molecular flexibility index (Phi) is 4.27. The molecule has 0 saturated heterocycles. The van der Waals surface area contributed by atoms with Gasteiger partial charge in [0.15, 0.2) is 0 Å². The average Bonchev–Trinajstić information content (AvgIpc) is 2.96. The van der Waals surface area contributed by atoms with Crippen molar-refractivity contribution in [2.45, 2.75) is 17.9 Å². The Morgan fingerprint density at radius 2 is 1.71 bits per heavy atom. The first kappa shape index (κ1) is 14.2. The molecule has 1 aromatic heterocycles. The Morgan fingerprint density at radius 3 is 2.43 bits per heavy atom. The summed E-state index contributed by atoms with van der Waals surface area (Å²) in [5.74, 6) is 1.32. The van der Waals surface area contributed by atoms with Gasteiger partial charge in [-0.3, -0.25) is 0 Å². The lowest BCUT2D eigenvalue weighted by Gasteiger charge is -1.98. The van der Waals surface area contributed by atoms with E-state index in [-0.39, 0.29) is 0 Å². The van der Waals surface area contributed by atoms with Gasteiger partial charge < -0.3 is 4.42 Å². The molecule has 21 heavy (non-hydrogen) atoms. The predicted molar refractivity (Wildman–Crippen MR) is 85.5 cm³/mol. The maximum Gasteiger partial charge on any atom is 0.277 e. The van der Waals surface area contributed by atoms with E-state index in [0.717, 1.165) is 11.3 Å². The fourth-order valence-electron chi connectivity index (χ4n) is 1.81. The number of rotatable bonds is 4. The van der Waals surface area contributed by atoms with Crippen molar-refractivity contribution >= 4 is 23.4 Å². The first-order valence-electron chi connectivity index (χ1n) is 6.48. The highest BCUT2D eigenvalue weighted by molar-refractivity contribution is 7.98. The molecular weight excluding hydrogens is 304 g/mol. The van der Waals surface area contributed by atoms with E-state index in [1.54, 1.807) is 12.1 Å². The van der Waals surface area contributed by atoms with Crippen LogP contribution in [0.2, 0.25) is 5.02 Å². The fraction of sp³-hybridized carbons (Fsp3) is 0.125. The van der Waals surface area contributed by atoms with Crippen molar-refractivity contribution in [3.63, 3.8) is 0 Å². The van der Waals surface area contributed by atoms with Gasteiger partial charge in [0.1, 0.15) is 0 Å². The van der Waals surface area contributed by atoms with Crippen molar-refractivity contribution in [3.8, 4) is 11.5 Å². The summed E-state index contributed by atoms with van der Waals surface area (Å²) in [4.78, 5) is 0. The van der Waals surface area contributed by atoms with Gasteiger partial charge in [0.05, 0.1) is 0 Å². The number of halogens is 1. The van der Waals surface area contributed by atoms with Crippen molar-refractivity contribution in [3.05, 3.63) is 64.7 Å². The van der Waals surface area contributed by atoms with Crippen LogP contribution in [0.3, 0.4) is 0 Å². The number of thioether (sulfide) groups is 1. The fourth-order valence-corrected chi connectivity index (χ4v) is 2.65. The van der Waals surface area contributed by atoms with Crippen molar-refractivity contribution in [2.75, 3.05) is 0 Å². The first-order valence-corrected chi connectivity index (χ1v) is 7.85. The van der Waals surface area contributed by atoms with Crippen LogP contribution in [-0.2, 0) is 5.75 Å². The highest BCUT2D eigenvalue weighted by Gasteiger charge is 2.09. The lowest BCUT2D eigenvalue weighted by Crippen LogP contribution is -1.81. The Morgan fingerprint density at radius 1 is 1.00 bits per heavy atom. The van der Waals surface area contributed by atoms with Crippen LogP contribution in [0.15, 0.2) is 58.2 Å². The minimum atomic E-state index is 0.512. The summed E-state index contributed by atoms with van der Waals surface area (Å²) in [6.45, 7) is 2.08. The molecule has 3 aromatic rings. The van der Waals surface area contributed by atoms with Crippen LogP contribution in [0.25, 0.3) is 11.5 Å². The molecule has 0 saturated carbocycles. The summed E-state index contributed by atoms with van der Waals surface area (Å²) in [5.41, 5.74) is 3.36. The molecular formula is C16H13ClN2OS. The summed E-state index contributed by atoms with van der Waals surface area (Å²) in [6, 6.07) is 15.8. The second-order valence-electron chi connectivity index (χ2n) is 4.65. The molecule has 3 nitrogen and oxygen atoms in total. The Hall–Kier alpha value is -1.78. The van der Waals surface area contributed by atoms with Gasteiger partial charge in [-0.2, -0.15) is 0 Å². The van der Waals surface area contributed by atoms with Gasteiger partial charge >= 0.3 is 0 Å². The summed E-state index contributed by atoms with van der Waals surface area (Å²) < 4.78 is 5.65. The quantitative estimate of drug-likeness (QED) is 0.636. The molecule has 0 aliphatic heterocycles. The van der Waals surface area contributed by atoms with Gasteiger partial charge in [0, 0.05) is 16.3 Å². The van der Waals surface area contributed by atoms with Crippen molar-refractivity contribution in [1.29, 1.82) is 0 Å². The number of benzene rings is 2. The molecule has 0 radical (unpaired) electrons. The van der Waals surface area contributed by atoms with Crippen molar-refractivity contribution in [2.24, 2.45) is 0 Å². The molecule has 3 rings (SSSR count). The molecule has 1 heterocycles. The van der Waals surface area contributed by atoms with Gasteiger partial charge in [0.2, 0.25) is 5.89 Å². The summed E-state index contributed by atoms with van der Waals surface area (Å²) in [6.07, 6.45) is 0. The number of hydrogen-bond donors (Lipinski definition) is 0. The zero-order valence-electron chi connectivity index (χ0n) is 11.4. The summed E-state index contributed by atoms with van der Waals surface area (Å²) in [7, 11) is 0. The van der Waals surface area contributed by atoms with Gasteiger partial charge in [-0.25, -0.2) is 0 Å². The Labute approximate surface area is 132 Å². The molecule has 0 N–H and O–H groups in total. The van der Waals surface area contributed by atoms with E-state index >= 15 is 0 Å². The lowest BCUT2D eigenvalue weighted by molar-refractivity contribution is 0.466. The summed E-state index contributed by atoms with van der Waals surface area (Å²) >= 11 is 7.39. The third-order valence-electron chi connectivity index (χ3n) is 2.98. The molecule has 0 bridgehead atoms. The number of hydrogen-bond acceptors (Lipinski definition) is 4. The van der Waals surface area contributed by atoms with E-state index in [1.807, 2.05) is 12.1 Å². The third kappa shape index (κ3) is 3.65. The molecule has 0 fully saturated rings. The molecule has 0 unspecified atom stereocenters. The second-order valence-corrected chi connectivity index (χ2v) is 6.02. The van der Waals surface area contributed by atoms with Crippen LogP contribution in [0.4, 0.5) is 0 Å². The largest absolute Gasteiger partial charge is 0.411 e. The number of aromatic nitrogens is 2. The normalized spacial score (nSPS) is 10.8. The number of nitrogens with zero attached hydrogens (tertiary/aromatic N) is 2. The monoisotopic (exact) mass is 316 g/mol. The van der Waals surface area contributed by atoms with E-state index < -0.39 is 0 Å². The molecule has 106 valence electrons. The van der Waals surface area contributed by atoms with Crippen LogP contribution < -0.4 is 0 Å². The Bertz CT molecular complexity index is 723. The van der Waals surface area contributed by atoms with Crippen LogP contribution in [0, 0.1) is 6.92 Å². The zero-order chi connectivity index (χ0) is 14.7. The number of aryl methyl sites for hydroxylation is 1. The Balaban J connectivity index is 1.67. The summed E-state index contributed by atoms with van der Waals surface area (Å²) in [5, 5.41) is 9.38. The van der Waals surface area contributed by atoms with E-state index in [9.17, 15) is 0 Å². The van der Waals surface area contributed by atoms with Crippen LogP contribution in [-0.4, -0.2) is 10.2 Å². The third-order valence-corrected chi connectivity index (χ3v) is 4.12. The molecule has 5 heteroatoms. The smallest absolute Gasteiger partial charge is 0.277 e. The minimum absolute atomic E-state index is 0.512. The maximum absolute atomic E-state index is 5.86. The lowest BCUT2D eigenvalue weighted by atomic mass is 10.2. The van der Waals surface area contributed by atoms with Gasteiger partial charge in [-0.15, -0.1) is 10.2 Å². The van der Waals surface area contributed by atoms with Crippen molar-refractivity contribution in [1.82, 2.24) is 10.2 Å². The van der Waals surface area contributed by atoms with Gasteiger partial charge in [-0.1, -0.05) is 53.2 Å². The highest BCUT2D eigenvalue weighted by atomic mass is 35.5. The average molecular weight is 317 g/mol. The highest BCUT2D eigenvalue weighted by Crippen LogP contribution is 2.26. The van der Waals surface area contributed by atoms with Crippen molar-refractivity contribution < 1.29 is 4.42 Å². The topological polar surface area (TPSA) is 38.9 Å². The van der Waals surface area contributed by atoms with Gasteiger partial charge in [0.25, 0.3) is 5.22 Å². The van der Waals surface area contributed by atoms with Crippen LogP contribution in [0.1, 0.15) is 11.1 Å². The van der Waals surface area contributed by atoms with E-state index in [2.05, 4.69) is 41.4 Å². The van der Waals surface area contributed by atoms with Crippen LogP contribution >= 0.6 is 23.4 Å². The first-order chi connectivity index (χ1) is 10.2. The molecule has 0 atom stereocenters.